The molecule has 0 amide bonds. The SMILES string of the molecule is C[C@@H]1C[C@@H](CO)C[C@@]1(C#N)S(C)(=O)=O. The van der Waals surface area contributed by atoms with Crippen molar-refractivity contribution in [1.82, 2.24) is 0 Å². The molecule has 80 valence electrons. The highest BCUT2D eigenvalue weighted by Gasteiger charge is 2.52. The predicted molar refractivity (Wildman–Crippen MR) is 52.2 cm³/mol. The molecule has 1 aliphatic carbocycles. The second kappa shape index (κ2) is 3.52. The van der Waals surface area contributed by atoms with Crippen molar-refractivity contribution in [2.45, 2.75) is 24.5 Å². The quantitative estimate of drug-likeness (QED) is 0.723. The van der Waals surface area contributed by atoms with Gasteiger partial charge in [-0.05, 0) is 24.7 Å². The van der Waals surface area contributed by atoms with E-state index in [1.807, 2.05) is 6.07 Å². The molecule has 14 heavy (non-hydrogen) atoms. The number of nitriles is 1. The second-order valence-corrected chi connectivity index (χ2v) is 6.44. The van der Waals surface area contributed by atoms with E-state index in [-0.39, 0.29) is 24.9 Å². The molecule has 3 atom stereocenters. The fourth-order valence-electron chi connectivity index (χ4n) is 2.30. The van der Waals surface area contributed by atoms with E-state index in [9.17, 15) is 8.42 Å². The fourth-order valence-corrected chi connectivity index (χ4v) is 3.83. The van der Waals surface area contributed by atoms with E-state index >= 15 is 0 Å². The van der Waals surface area contributed by atoms with Gasteiger partial charge in [-0.1, -0.05) is 6.92 Å². The smallest absolute Gasteiger partial charge is 0.166 e. The van der Waals surface area contributed by atoms with Gasteiger partial charge in [0.1, 0.15) is 0 Å². The number of hydrogen-bond acceptors (Lipinski definition) is 4. The molecule has 1 aliphatic rings. The second-order valence-electron chi connectivity index (χ2n) is 4.16. The summed E-state index contributed by atoms with van der Waals surface area (Å²) >= 11 is 0. The fraction of sp³-hybridized carbons (Fsp3) is 0.889. The number of hydrogen-bond donors (Lipinski definition) is 1. The number of aliphatic hydroxyl groups excluding tert-OH is 1. The molecule has 0 saturated heterocycles. The molecule has 0 unspecified atom stereocenters. The zero-order valence-corrected chi connectivity index (χ0v) is 9.21. The summed E-state index contributed by atoms with van der Waals surface area (Å²) in [6.07, 6.45) is 1.98. The number of rotatable bonds is 2. The largest absolute Gasteiger partial charge is 0.396 e. The molecule has 0 aromatic rings. The summed E-state index contributed by atoms with van der Waals surface area (Å²) in [6.45, 7) is 1.73. The minimum Gasteiger partial charge on any atom is -0.396 e. The van der Waals surface area contributed by atoms with Crippen molar-refractivity contribution >= 4 is 9.84 Å². The summed E-state index contributed by atoms with van der Waals surface area (Å²) in [5.74, 6) is -0.251. The normalized spacial score (nSPS) is 38.1. The van der Waals surface area contributed by atoms with Gasteiger partial charge >= 0.3 is 0 Å². The Bertz CT molecular complexity index is 357. The van der Waals surface area contributed by atoms with Crippen molar-refractivity contribution in [2.75, 3.05) is 12.9 Å². The van der Waals surface area contributed by atoms with Crippen LogP contribution in [0.1, 0.15) is 19.8 Å². The predicted octanol–water partition coefficient (Wildman–Crippen LogP) is 0.332. The Morgan fingerprint density at radius 3 is 2.43 bits per heavy atom. The number of sulfone groups is 1. The van der Waals surface area contributed by atoms with Gasteiger partial charge in [-0.2, -0.15) is 5.26 Å². The molecule has 0 aliphatic heterocycles. The molecule has 0 spiro atoms. The molecule has 4 nitrogen and oxygen atoms in total. The van der Waals surface area contributed by atoms with Crippen molar-refractivity contribution < 1.29 is 13.5 Å². The van der Waals surface area contributed by atoms with Crippen LogP contribution in [0, 0.1) is 23.2 Å². The topological polar surface area (TPSA) is 78.2 Å². The van der Waals surface area contributed by atoms with Gasteiger partial charge in [0.15, 0.2) is 14.6 Å². The van der Waals surface area contributed by atoms with Gasteiger partial charge in [-0.15, -0.1) is 0 Å². The molecule has 1 fully saturated rings. The minimum atomic E-state index is -3.38. The van der Waals surface area contributed by atoms with Gasteiger partial charge in [0, 0.05) is 12.9 Å². The average molecular weight is 217 g/mol. The zero-order valence-electron chi connectivity index (χ0n) is 8.40. The lowest BCUT2D eigenvalue weighted by atomic mass is 9.99. The van der Waals surface area contributed by atoms with Crippen LogP contribution in [0.15, 0.2) is 0 Å². The van der Waals surface area contributed by atoms with Gasteiger partial charge in [-0.25, -0.2) is 8.42 Å². The Balaban J connectivity index is 3.11. The molecule has 5 heteroatoms. The first-order chi connectivity index (χ1) is 6.37. The monoisotopic (exact) mass is 217 g/mol. The maximum absolute atomic E-state index is 11.6. The van der Waals surface area contributed by atoms with Gasteiger partial charge < -0.3 is 5.11 Å². The van der Waals surface area contributed by atoms with Crippen LogP contribution in [-0.4, -0.2) is 31.1 Å². The highest BCUT2D eigenvalue weighted by Crippen LogP contribution is 2.44. The Morgan fingerprint density at radius 1 is 1.64 bits per heavy atom. The van der Waals surface area contributed by atoms with Crippen molar-refractivity contribution in [3.63, 3.8) is 0 Å². The van der Waals surface area contributed by atoms with E-state index in [1.54, 1.807) is 6.92 Å². The third kappa shape index (κ3) is 1.53. The molecule has 1 rings (SSSR count). The van der Waals surface area contributed by atoms with Crippen molar-refractivity contribution in [1.29, 1.82) is 5.26 Å². The lowest BCUT2D eigenvalue weighted by Crippen LogP contribution is -2.39. The Kier molecular flexibility index (Phi) is 2.88. The van der Waals surface area contributed by atoms with E-state index in [0.717, 1.165) is 6.26 Å². The van der Waals surface area contributed by atoms with Gasteiger partial charge in [0.05, 0.1) is 6.07 Å². The van der Waals surface area contributed by atoms with Crippen LogP contribution in [-0.2, 0) is 9.84 Å². The van der Waals surface area contributed by atoms with Crippen molar-refractivity contribution in [2.24, 2.45) is 11.8 Å². The molecular formula is C9H15NO3S. The summed E-state index contributed by atoms with van der Waals surface area (Å²) in [7, 11) is -3.38. The first kappa shape index (κ1) is 11.5. The third-order valence-corrected chi connectivity index (χ3v) is 5.17. The molecule has 0 heterocycles. The van der Waals surface area contributed by atoms with E-state index < -0.39 is 14.6 Å². The molecule has 1 N–H and O–H groups in total. The van der Waals surface area contributed by atoms with E-state index in [0.29, 0.717) is 6.42 Å². The number of aliphatic hydroxyl groups is 1. The van der Waals surface area contributed by atoms with Gasteiger partial charge in [0.25, 0.3) is 0 Å². The maximum Gasteiger partial charge on any atom is 0.166 e. The highest BCUT2D eigenvalue weighted by atomic mass is 32.2. The van der Waals surface area contributed by atoms with Crippen LogP contribution in [0.3, 0.4) is 0 Å². The molecule has 1 saturated carbocycles. The van der Waals surface area contributed by atoms with Gasteiger partial charge in [-0.3, -0.25) is 0 Å². The van der Waals surface area contributed by atoms with Crippen LogP contribution >= 0.6 is 0 Å². The summed E-state index contributed by atoms with van der Waals surface area (Å²) in [4.78, 5) is 0. The Labute approximate surface area is 84.5 Å². The van der Waals surface area contributed by atoms with E-state index in [1.165, 1.54) is 0 Å². The van der Waals surface area contributed by atoms with Gasteiger partial charge in [0.2, 0.25) is 0 Å². The Hall–Kier alpha value is -0.600. The number of nitrogens with zero attached hydrogens (tertiary/aromatic N) is 1. The van der Waals surface area contributed by atoms with Crippen LogP contribution < -0.4 is 0 Å². The molecule has 0 bridgehead atoms. The van der Waals surface area contributed by atoms with Crippen LogP contribution in [0.25, 0.3) is 0 Å². The Morgan fingerprint density at radius 2 is 2.21 bits per heavy atom. The van der Waals surface area contributed by atoms with Crippen LogP contribution in [0.4, 0.5) is 0 Å². The first-order valence-electron chi connectivity index (χ1n) is 4.59. The molecular weight excluding hydrogens is 202 g/mol. The summed E-state index contributed by atoms with van der Waals surface area (Å²) in [5, 5.41) is 18.0. The van der Waals surface area contributed by atoms with Crippen LogP contribution in [0.2, 0.25) is 0 Å². The summed E-state index contributed by atoms with van der Waals surface area (Å²) in [5.41, 5.74) is 0. The first-order valence-corrected chi connectivity index (χ1v) is 6.48. The zero-order chi connectivity index (χ0) is 11.0. The van der Waals surface area contributed by atoms with Crippen LogP contribution in [0.5, 0.6) is 0 Å². The molecule has 0 aromatic heterocycles. The maximum atomic E-state index is 11.6. The summed E-state index contributed by atoms with van der Waals surface area (Å²) < 4.78 is 21.8. The summed E-state index contributed by atoms with van der Waals surface area (Å²) in [6, 6.07) is 1.93. The lowest BCUT2D eigenvalue weighted by molar-refractivity contribution is 0.226. The lowest BCUT2D eigenvalue weighted by Gasteiger charge is -2.23. The van der Waals surface area contributed by atoms with E-state index in [4.69, 9.17) is 10.4 Å². The van der Waals surface area contributed by atoms with Crippen molar-refractivity contribution in [3.8, 4) is 6.07 Å². The average Bonchev–Trinajstić information content (AvgIpc) is 2.42. The minimum absolute atomic E-state index is 0.0384. The third-order valence-electron chi connectivity index (χ3n) is 3.18. The van der Waals surface area contributed by atoms with Crippen molar-refractivity contribution in [3.05, 3.63) is 0 Å². The molecule has 0 radical (unpaired) electrons. The standard InChI is InChI=1S/C9H15NO3S/c1-7-3-8(5-11)4-9(7,6-10)14(2,12)13/h7-8,11H,3-5H2,1-2H3/t7-,8-,9+/m1/s1. The molecule has 0 aromatic carbocycles. The highest BCUT2D eigenvalue weighted by molar-refractivity contribution is 7.92. The van der Waals surface area contributed by atoms with E-state index in [2.05, 4.69) is 0 Å².